The van der Waals surface area contributed by atoms with Crippen molar-refractivity contribution >= 4 is 49.3 Å². The average molecular weight is 524 g/mol. The summed E-state index contributed by atoms with van der Waals surface area (Å²) >= 11 is 0. The van der Waals surface area contributed by atoms with Gasteiger partial charge in [0.15, 0.2) is 0 Å². The van der Waals surface area contributed by atoms with Gasteiger partial charge >= 0.3 is 0 Å². The molecule has 6 aromatic carbocycles. The van der Waals surface area contributed by atoms with Crippen LogP contribution in [0, 0.1) is 0 Å². The molecule has 1 aliphatic rings. The van der Waals surface area contributed by atoms with Crippen LogP contribution >= 0.6 is 0 Å². The first-order chi connectivity index (χ1) is 20.3. The summed E-state index contributed by atoms with van der Waals surface area (Å²) in [4.78, 5) is 8.55. The third kappa shape index (κ3) is 3.26. The minimum absolute atomic E-state index is 1.04. The van der Waals surface area contributed by atoms with Crippen molar-refractivity contribution in [3.8, 4) is 27.9 Å². The minimum atomic E-state index is 1.04. The van der Waals surface area contributed by atoms with Gasteiger partial charge in [-0.1, -0.05) is 84.9 Å². The predicted molar refractivity (Wildman–Crippen MR) is 171 cm³/mol. The SMILES string of the molecule is C1=Cc2c(c3ccccc3n2-c2ccc(-c3ccc4ccc5c(-c6cncnc6)ccc6ccc3c4c65)cc2)CC1. The van der Waals surface area contributed by atoms with E-state index in [0.717, 1.165) is 18.4 Å². The van der Waals surface area contributed by atoms with E-state index >= 15 is 0 Å². The van der Waals surface area contributed by atoms with Gasteiger partial charge in [0.2, 0.25) is 0 Å². The largest absolute Gasteiger partial charge is 0.310 e. The Hall–Kier alpha value is -5.28. The lowest BCUT2D eigenvalue weighted by atomic mass is 9.87. The number of allylic oxidation sites excluding steroid dienone is 1. The van der Waals surface area contributed by atoms with Crippen LogP contribution < -0.4 is 0 Å². The van der Waals surface area contributed by atoms with Crippen molar-refractivity contribution in [3.63, 3.8) is 0 Å². The number of aryl methyl sites for hydroxylation is 1. The van der Waals surface area contributed by atoms with Crippen molar-refractivity contribution in [1.29, 1.82) is 0 Å². The molecule has 0 saturated heterocycles. The van der Waals surface area contributed by atoms with Crippen molar-refractivity contribution in [3.05, 3.63) is 133 Å². The lowest BCUT2D eigenvalue weighted by molar-refractivity contribution is 0.967. The number of hydrogen-bond donors (Lipinski definition) is 0. The zero-order valence-electron chi connectivity index (χ0n) is 22.4. The van der Waals surface area contributed by atoms with E-state index in [1.54, 1.807) is 6.33 Å². The highest BCUT2D eigenvalue weighted by molar-refractivity contribution is 6.27. The van der Waals surface area contributed by atoms with Crippen LogP contribution in [0.1, 0.15) is 17.7 Å². The van der Waals surface area contributed by atoms with Crippen LogP contribution in [0.2, 0.25) is 0 Å². The van der Waals surface area contributed by atoms with Gasteiger partial charge in [-0.2, -0.15) is 0 Å². The van der Waals surface area contributed by atoms with Crippen LogP contribution in [0.5, 0.6) is 0 Å². The molecule has 0 bridgehead atoms. The Morgan fingerprint density at radius 2 is 1.24 bits per heavy atom. The number of rotatable bonds is 3. The summed E-state index contributed by atoms with van der Waals surface area (Å²) in [6, 6.07) is 35.9. The minimum Gasteiger partial charge on any atom is -0.310 e. The molecule has 3 heteroatoms. The van der Waals surface area contributed by atoms with E-state index in [1.807, 2.05) is 12.4 Å². The molecule has 0 amide bonds. The monoisotopic (exact) mass is 523 g/mol. The van der Waals surface area contributed by atoms with Crippen molar-refractivity contribution in [1.82, 2.24) is 14.5 Å². The Bertz CT molecular complexity index is 2290. The molecule has 0 saturated carbocycles. The Morgan fingerprint density at radius 3 is 1.98 bits per heavy atom. The number of para-hydroxylation sites is 1. The third-order valence-electron chi connectivity index (χ3n) is 8.83. The molecule has 8 aromatic rings. The van der Waals surface area contributed by atoms with Gasteiger partial charge in [0.05, 0.1) is 5.52 Å². The molecule has 41 heavy (non-hydrogen) atoms. The molecule has 0 aliphatic heterocycles. The topological polar surface area (TPSA) is 30.7 Å². The highest BCUT2D eigenvalue weighted by Gasteiger charge is 2.19. The summed E-state index contributed by atoms with van der Waals surface area (Å²) in [6.07, 6.45) is 12.2. The Balaban J connectivity index is 1.23. The summed E-state index contributed by atoms with van der Waals surface area (Å²) in [5.74, 6) is 0. The predicted octanol–water partition coefficient (Wildman–Crippen LogP) is 9.61. The maximum Gasteiger partial charge on any atom is 0.115 e. The fraction of sp³-hybridized carbons (Fsp3) is 0.0526. The molecule has 0 radical (unpaired) electrons. The second-order valence-corrected chi connectivity index (χ2v) is 11.0. The molecule has 0 N–H and O–H groups in total. The van der Waals surface area contributed by atoms with Crippen molar-refractivity contribution < 1.29 is 0 Å². The second-order valence-electron chi connectivity index (χ2n) is 11.0. The molecular weight excluding hydrogens is 498 g/mol. The number of aromatic nitrogens is 3. The van der Waals surface area contributed by atoms with E-state index in [-0.39, 0.29) is 0 Å². The summed E-state index contributed by atoms with van der Waals surface area (Å²) in [6.45, 7) is 0. The highest BCUT2D eigenvalue weighted by atomic mass is 15.0. The van der Waals surface area contributed by atoms with Gasteiger partial charge in [-0.25, -0.2) is 9.97 Å². The Labute approximate surface area is 237 Å². The first-order valence-corrected chi connectivity index (χ1v) is 14.2. The van der Waals surface area contributed by atoms with Gasteiger partial charge in [-0.15, -0.1) is 0 Å². The molecule has 0 unspecified atom stereocenters. The second kappa shape index (κ2) is 8.61. The zero-order chi connectivity index (χ0) is 26.9. The van der Waals surface area contributed by atoms with E-state index < -0.39 is 0 Å². The van der Waals surface area contributed by atoms with Crippen molar-refractivity contribution in [2.45, 2.75) is 12.8 Å². The molecule has 0 fully saturated rings. The van der Waals surface area contributed by atoms with Gasteiger partial charge in [0.25, 0.3) is 0 Å². The van der Waals surface area contributed by atoms with Crippen LogP contribution in [0.4, 0.5) is 0 Å². The first-order valence-electron chi connectivity index (χ1n) is 14.2. The summed E-state index contributed by atoms with van der Waals surface area (Å²) in [7, 11) is 0. The average Bonchev–Trinajstić information content (AvgIpc) is 3.38. The smallest absolute Gasteiger partial charge is 0.115 e. The van der Waals surface area contributed by atoms with E-state index in [4.69, 9.17) is 0 Å². The van der Waals surface area contributed by atoms with Gasteiger partial charge in [-0.3, -0.25) is 0 Å². The summed E-state index contributed by atoms with van der Waals surface area (Å²) in [5.41, 5.74) is 9.93. The first kappa shape index (κ1) is 22.5. The van der Waals surface area contributed by atoms with Crippen molar-refractivity contribution in [2.24, 2.45) is 0 Å². The number of benzene rings is 6. The lowest BCUT2D eigenvalue weighted by Gasteiger charge is -2.17. The molecule has 0 spiro atoms. The molecule has 3 nitrogen and oxygen atoms in total. The van der Waals surface area contributed by atoms with Gasteiger partial charge in [0.1, 0.15) is 6.33 Å². The summed E-state index contributed by atoms with van der Waals surface area (Å²) < 4.78 is 2.42. The van der Waals surface area contributed by atoms with Crippen LogP contribution in [0.15, 0.2) is 122 Å². The maximum absolute atomic E-state index is 4.27. The van der Waals surface area contributed by atoms with E-state index in [2.05, 4.69) is 124 Å². The van der Waals surface area contributed by atoms with Crippen LogP contribution in [0.25, 0.3) is 77.2 Å². The molecule has 0 atom stereocenters. The molecule has 1 aliphatic carbocycles. The van der Waals surface area contributed by atoms with E-state index in [0.29, 0.717) is 0 Å². The normalized spacial score (nSPS) is 13.1. The Kier molecular flexibility index (Phi) is 4.73. The molecule has 192 valence electrons. The van der Waals surface area contributed by atoms with Gasteiger partial charge < -0.3 is 4.57 Å². The highest BCUT2D eigenvalue weighted by Crippen LogP contribution is 2.42. The zero-order valence-corrected chi connectivity index (χ0v) is 22.4. The molecule has 9 rings (SSSR count). The van der Waals surface area contributed by atoms with Crippen LogP contribution in [0.3, 0.4) is 0 Å². The number of hydrogen-bond acceptors (Lipinski definition) is 2. The van der Waals surface area contributed by atoms with Crippen molar-refractivity contribution in [2.75, 3.05) is 0 Å². The Morgan fingerprint density at radius 1 is 0.585 bits per heavy atom. The number of fused-ring (bicyclic) bond motifs is 3. The fourth-order valence-electron chi connectivity index (χ4n) is 7.00. The maximum atomic E-state index is 4.27. The number of nitrogens with zero attached hydrogens (tertiary/aromatic N) is 3. The lowest BCUT2D eigenvalue weighted by Crippen LogP contribution is -2.00. The van der Waals surface area contributed by atoms with Gasteiger partial charge in [0, 0.05) is 34.7 Å². The quantitative estimate of drug-likeness (QED) is 0.216. The molecular formula is C38H25N3. The van der Waals surface area contributed by atoms with Gasteiger partial charge in [-0.05, 0) is 91.7 Å². The third-order valence-corrected chi connectivity index (χ3v) is 8.83. The molecule has 2 heterocycles. The fourth-order valence-corrected chi connectivity index (χ4v) is 7.00. The van der Waals surface area contributed by atoms with E-state index in [1.165, 1.54) is 76.9 Å². The van der Waals surface area contributed by atoms with Crippen LogP contribution in [-0.4, -0.2) is 14.5 Å². The standard InChI is InChI=1S/C38H25N3/c1-3-7-35-31(5-1)32-6-2-4-8-36(32)41(35)28-15-9-24(10-16-28)29-17-11-25-14-20-34-30(27-21-39-23-40-22-27)18-12-26-13-19-33(29)37(25)38(26)34/h1,3-5,7-23H,2,6H2. The summed E-state index contributed by atoms with van der Waals surface area (Å²) in [5, 5.41) is 9.01. The van der Waals surface area contributed by atoms with E-state index in [9.17, 15) is 0 Å². The molecule has 2 aromatic heterocycles. The van der Waals surface area contributed by atoms with Crippen LogP contribution in [-0.2, 0) is 6.42 Å².